The number of halogens is 4. The number of benzene rings is 1. The number of aliphatic imine (C=N–C) groups is 1. The van der Waals surface area contributed by atoms with Gasteiger partial charge in [0, 0.05) is 19.5 Å². The van der Waals surface area contributed by atoms with Crippen molar-refractivity contribution in [2.45, 2.75) is 12.7 Å². The van der Waals surface area contributed by atoms with Crippen LogP contribution in [0.4, 0.5) is 13.2 Å². The molecule has 3 aromatic rings. The van der Waals surface area contributed by atoms with Crippen LogP contribution >= 0.6 is 20.0 Å². The minimum atomic E-state index is -4.85. The Morgan fingerprint density at radius 1 is 1.24 bits per heavy atom. The summed E-state index contributed by atoms with van der Waals surface area (Å²) in [5.74, 6) is 0.0979. The number of ether oxygens (including phenoxy) is 1. The zero-order valence-electron chi connectivity index (χ0n) is 16.9. The van der Waals surface area contributed by atoms with Crippen LogP contribution in [-0.2, 0) is 11.3 Å². The molecule has 1 aliphatic rings. The highest BCUT2D eigenvalue weighted by Gasteiger charge is 2.42. The smallest absolute Gasteiger partial charge is 0.433 e. The summed E-state index contributed by atoms with van der Waals surface area (Å²) in [6.07, 6.45) is -2.61. The van der Waals surface area contributed by atoms with E-state index in [9.17, 15) is 13.2 Å². The normalized spacial score (nSPS) is 14.6. The van der Waals surface area contributed by atoms with Crippen molar-refractivity contribution in [1.29, 1.82) is 0 Å². The third kappa shape index (κ3) is 4.50. The highest BCUT2D eigenvalue weighted by atomic mass is 35.5. The Bertz CT molecular complexity index is 1270. The van der Waals surface area contributed by atoms with Gasteiger partial charge in [0.25, 0.3) is 0 Å². The SMILES string of the molecule is COC1=POc2cccc(Cl)c2-c2noc(C(=CN)C(=NCc3ccccn3)C(F)(F)F)c21. The molecule has 170 valence electrons. The third-order valence-electron chi connectivity index (χ3n) is 4.60. The predicted molar refractivity (Wildman–Crippen MR) is 119 cm³/mol. The third-order valence-corrected chi connectivity index (χ3v) is 5.77. The fourth-order valence-electron chi connectivity index (χ4n) is 3.17. The minimum Gasteiger partial charge on any atom is -0.436 e. The number of rotatable bonds is 5. The van der Waals surface area contributed by atoms with Gasteiger partial charge in [-0.25, -0.2) is 0 Å². The molecule has 0 radical (unpaired) electrons. The van der Waals surface area contributed by atoms with Crippen LogP contribution in [0.15, 0.2) is 58.3 Å². The molecule has 1 aliphatic heterocycles. The van der Waals surface area contributed by atoms with Gasteiger partial charge in [0.2, 0.25) is 0 Å². The molecule has 0 spiro atoms. The van der Waals surface area contributed by atoms with Crippen LogP contribution in [0.2, 0.25) is 5.02 Å². The molecule has 3 heterocycles. The van der Waals surface area contributed by atoms with E-state index in [2.05, 4.69) is 15.1 Å². The molecule has 2 aromatic heterocycles. The average molecular weight is 495 g/mol. The zero-order chi connectivity index (χ0) is 23.6. The van der Waals surface area contributed by atoms with Gasteiger partial charge in [-0.1, -0.05) is 28.9 Å². The Morgan fingerprint density at radius 3 is 2.73 bits per heavy atom. The Kier molecular flexibility index (Phi) is 6.51. The highest BCUT2D eigenvalue weighted by molar-refractivity contribution is 7.36. The number of allylic oxidation sites excluding steroid dienone is 1. The molecular weight excluding hydrogens is 480 g/mol. The predicted octanol–water partition coefficient (Wildman–Crippen LogP) is 5.27. The van der Waals surface area contributed by atoms with E-state index in [0.717, 1.165) is 6.20 Å². The van der Waals surface area contributed by atoms with E-state index in [4.69, 9.17) is 31.1 Å². The van der Waals surface area contributed by atoms with Crippen LogP contribution < -0.4 is 10.3 Å². The standard InChI is InChI=1S/C21H15ClF3N4O3P/c1-30-20-16-17(15-13(22)6-4-7-14(15)32-33-20)29-31-18(16)12(9-26)19(21(23,24)25)28-10-11-5-2-3-8-27-11/h2-9H,10,26H2,1H3. The first kappa shape index (κ1) is 23.0. The minimum absolute atomic E-state index is 0.137. The first-order chi connectivity index (χ1) is 15.8. The fourth-order valence-corrected chi connectivity index (χ4v) is 4.13. The lowest BCUT2D eigenvalue weighted by molar-refractivity contribution is -0.0574. The summed E-state index contributed by atoms with van der Waals surface area (Å²) in [6.45, 7) is -0.319. The molecule has 0 unspecified atom stereocenters. The van der Waals surface area contributed by atoms with Crippen molar-refractivity contribution in [3.05, 3.63) is 70.8 Å². The number of hydrogen-bond donors (Lipinski definition) is 1. The van der Waals surface area contributed by atoms with Crippen molar-refractivity contribution < 1.29 is 27.0 Å². The molecule has 33 heavy (non-hydrogen) atoms. The van der Waals surface area contributed by atoms with E-state index in [1.165, 1.54) is 13.3 Å². The lowest BCUT2D eigenvalue weighted by atomic mass is 9.99. The van der Waals surface area contributed by atoms with Crippen LogP contribution in [0, 0.1) is 0 Å². The maximum atomic E-state index is 14.1. The number of nitrogens with zero attached hydrogens (tertiary/aromatic N) is 3. The molecule has 12 heteroatoms. The molecule has 0 amide bonds. The molecule has 0 aliphatic carbocycles. The van der Waals surface area contributed by atoms with Crippen molar-refractivity contribution in [3.8, 4) is 17.0 Å². The second-order valence-electron chi connectivity index (χ2n) is 6.60. The van der Waals surface area contributed by atoms with E-state index in [1.54, 1.807) is 36.4 Å². The van der Waals surface area contributed by atoms with Crippen molar-refractivity contribution >= 4 is 36.8 Å². The van der Waals surface area contributed by atoms with Crippen molar-refractivity contribution in [2.75, 3.05) is 7.11 Å². The van der Waals surface area contributed by atoms with Gasteiger partial charge < -0.3 is 19.5 Å². The molecule has 2 N–H and O–H groups in total. The average Bonchev–Trinajstić information content (AvgIpc) is 3.13. The molecular formula is C21H15ClF3N4O3P. The first-order valence-electron chi connectivity index (χ1n) is 9.37. The van der Waals surface area contributed by atoms with Gasteiger partial charge in [-0.2, -0.15) is 13.2 Å². The van der Waals surface area contributed by atoms with Gasteiger partial charge in [0.05, 0.1) is 34.0 Å². The summed E-state index contributed by atoms with van der Waals surface area (Å²) < 4.78 is 58.6. The van der Waals surface area contributed by atoms with Gasteiger partial charge in [0.1, 0.15) is 11.4 Å². The number of pyridine rings is 1. The lowest BCUT2D eigenvalue weighted by Crippen LogP contribution is -2.26. The van der Waals surface area contributed by atoms with E-state index in [-0.39, 0.29) is 42.5 Å². The summed E-state index contributed by atoms with van der Waals surface area (Å²) >= 11 is 6.34. The van der Waals surface area contributed by atoms with E-state index in [0.29, 0.717) is 17.0 Å². The Balaban J connectivity index is 1.88. The highest BCUT2D eigenvalue weighted by Crippen LogP contribution is 2.45. The second kappa shape index (κ2) is 9.35. The quantitative estimate of drug-likeness (QED) is 0.383. The monoisotopic (exact) mass is 494 g/mol. The lowest BCUT2D eigenvalue weighted by Gasteiger charge is -2.13. The number of methoxy groups -OCH3 is 1. The molecule has 0 atom stereocenters. The number of fused-ring (bicyclic) bond motifs is 3. The number of nitrogens with two attached hydrogens (primary N) is 1. The van der Waals surface area contributed by atoms with E-state index in [1.807, 2.05) is 0 Å². The van der Waals surface area contributed by atoms with Crippen molar-refractivity contribution in [1.82, 2.24) is 10.1 Å². The Hall–Kier alpha value is -3.20. The molecule has 1 aromatic carbocycles. The van der Waals surface area contributed by atoms with Crippen LogP contribution in [0.5, 0.6) is 5.75 Å². The first-order valence-corrected chi connectivity index (χ1v) is 10.6. The largest absolute Gasteiger partial charge is 0.436 e. The molecule has 0 saturated carbocycles. The maximum absolute atomic E-state index is 14.1. The van der Waals surface area contributed by atoms with E-state index < -0.39 is 17.5 Å². The second-order valence-corrected chi connectivity index (χ2v) is 7.78. The number of hydrogen-bond acceptors (Lipinski definition) is 7. The molecule has 0 bridgehead atoms. The Morgan fingerprint density at radius 2 is 2.06 bits per heavy atom. The van der Waals surface area contributed by atoms with Gasteiger partial charge in [-0.15, -0.1) is 0 Å². The molecule has 7 nitrogen and oxygen atoms in total. The number of aromatic nitrogens is 2. The van der Waals surface area contributed by atoms with Gasteiger partial charge >= 0.3 is 6.18 Å². The van der Waals surface area contributed by atoms with Gasteiger partial charge in [-0.3, -0.25) is 9.98 Å². The summed E-state index contributed by atoms with van der Waals surface area (Å²) in [6, 6.07) is 9.80. The van der Waals surface area contributed by atoms with Crippen molar-refractivity contribution in [3.63, 3.8) is 0 Å². The summed E-state index contributed by atoms with van der Waals surface area (Å²) in [4.78, 5) is 7.77. The van der Waals surface area contributed by atoms with Crippen LogP contribution in [-0.4, -0.2) is 34.6 Å². The number of alkyl halides is 3. The fraction of sp³-hybridized carbons (Fsp3) is 0.143. The molecule has 0 saturated heterocycles. The zero-order valence-corrected chi connectivity index (χ0v) is 18.6. The summed E-state index contributed by atoms with van der Waals surface area (Å²) in [5, 5.41) is 4.27. The maximum Gasteiger partial charge on any atom is 0.433 e. The van der Waals surface area contributed by atoms with Crippen LogP contribution in [0.25, 0.3) is 16.8 Å². The van der Waals surface area contributed by atoms with Gasteiger partial charge in [-0.05, 0) is 24.3 Å². The summed E-state index contributed by atoms with van der Waals surface area (Å²) in [7, 11) is 1.56. The van der Waals surface area contributed by atoms with Crippen molar-refractivity contribution in [2.24, 2.45) is 10.7 Å². The van der Waals surface area contributed by atoms with Crippen LogP contribution in [0.3, 0.4) is 0 Å². The summed E-state index contributed by atoms with van der Waals surface area (Å²) in [5.41, 5.74) is 5.09. The van der Waals surface area contributed by atoms with Gasteiger partial charge in [0.15, 0.2) is 25.4 Å². The molecule has 0 fully saturated rings. The Labute approximate surface area is 192 Å². The van der Waals surface area contributed by atoms with Crippen LogP contribution in [0.1, 0.15) is 17.0 Å². The topological polar surface area (TPSA) is 95.8 Å². The van der Waals surface area contributed by atoms with E-state index >= 15 is 0 Å². The molecule has 4 rings (SSSR count).